The van der Waals surface area contributed by atoms with Gasteiger partial charge in [-0.05, 0) is 25.0 Å². The highest BCUT2D eigenvalue weighted by molar-refractivity contribution is 7.88. The molecule has 1 aliphatic rings. The first-order valence-electron chi connectivity index (χ1n) is 6.91. The molecule has 1 saturated heterocycles. The second-order valence-corrected chi connectivity index (χ2v) is 6.95. The summed E-state index contributed by atoms with van der Waals surface area (Å²) in [7, 11) is -1.80. The first-order chi connectivity index (χ1) is 10.4. The number of nitrogens with one attached hydrogen (secondary N) is 2. The molecule has 2 N–H and O–H groups in total. The van der Waals surface area contributed by atoms with Crippen molar-refractivity contribution in [3.8, 4) is 5.88 Å². The van der Waals surface area contributed by atoms with Crippen LogP contribution in [0.25, 0.3) is 0 Å². The Bertz CT molecular complexity index is 635. The van der Waals surface area contributed by atoms with Crippen LogP contribution in [0.1, 0.15) is 12.8 Å². The normalized spacial score (nSPS) is 18.8. The van der Waals surface area contributed by atoms with Crippen LogP contribution in [0.15, 0.2) is 18.3 Å². The van der Waals surface area contributed by atoms with Crippen LogP contribution in [0.5, 0.6) is 5.88 Å². The van der Waals surface area contributed by atoms with Crippen LogP contribution in [0, 0.1) is 0 Å². The topological polar surface area (TPSA) is 101 Å². The van der Waals surface area contributed by atoms with E-state index in [-0.39, 0.29) is 12.1 Å². The Morgan fingerprint density at radius 2 is 2.27 bits per heavy atom. The maximum absolute atomic E-state index is 12.3. The predicted molar refractivity (Wildman–Crippen MR) is 82.4 cm³/mol. The van der Waals surface area contributed by atoms with E-state index in [2.05, 4.69) is 15.0 Å². The fraction of sp³-hybridized carbons (Fsp3) is 0.538. The summed E-state index contributed by atoms with van der Waals surface area (Å²) in [4.78, 5) is 17.9. The fourth-order valence-corrected chi connectivity index (χ4v) is 3.20. The van der Waals surface area contributed by atoms with Gasteiger partial charge in [-0.3, -0.25) is 0 Å². The number of carbonyl (C=O) groups is 1. The third-order valence-corrected chi connectivity index (χ3v) is 4.06. The minimum atomic E-state index is -3.28. The number of sulfonamides is 1. The molecule has 2 amide bonds. The summed E-state index contributed by atoms with van der Waals surface area (Å²) in [5.41, 5.74) is 0.480. The Labute approximate surface area is 129 Å². The minimum absolute atomic E-state index is 0.259. The first-order valence-corrected chi connectivity index (χ1v) is 8.80. The lowest BCUT2D eigenvalue weighted by Crippen LogP contribution is -2.50. The van der Waals surface area contributed by atoms with Crippen LogP contribution in [-0.2, 0) is 10.0 Å². The Balaban J connectivity index is 2.00. The van der Waals surface area contributed by atoms with Crippen LogP contribution in [0.4, 0.5) is 10.5 Å². The van der Waals surface area contributed by atoms with Crippen LogP contribution < -0.4 is 14.8 Å². The van der Waals surface area contributed by atoms with Gasteiger partial charge in [0.15, 0.2) is 0 Å². The molecule has 122 valence electrons. The molecule has 1 aliphatic heterocycles. The van der Waals surface area contributed by atoms with Gasteiger partial charge < -0.3 is 15.0 Å². The molecule has 0 saturated carbocycles. The molecule has 0 unspecified atom stereocenters. The molecule has 1 fully saturated rings. The van der Waals surface area contributed by atoms with E-state index >= 15 is 0 Å². The average molecular weight is 328 g/mol. The summed E-state index contributed by atoms with van der Waals surface area (Å²) >= 11 is 0. The molecule has 8 nitrogen and oxygen atoms in total. The van der Waals surface area contributed by atoms with Gasteiger partial charge in [-0.2, -0.15) is 0 Å². The number of amides is 2. The highest BCUT2D eigenvalue weighted by atomic mass is 32.2. The standard InChI is InChI=1S/C13H20N4O4S/c1-21-12-11(6-3-7-14-12)15-13(18)17-8-4-5-10(9-17)16-22(2,19)20/h3,6-7,10,16H,4-5,8-9H2,1-2H3,(H,15,18)/t10-/m1/s1. The molecule has 0 aromatic carbocycles. The van der Waals surface area contributed by atoms with Gasteiger partial charge in [0, 0.05) is 25.3 Å². The van der Waals surface area contributed by atoms with Gasteiger partial charge in [0.2, 0.25) is 15.9 Å². The third-order valence-electron chi connectivity index (χ3n) is 3.30. The van der Waals surface area contributed by atoms with Gasteiger partial charge in [-0.25, -0.2) is 22.9 Å². The van der Waals surface area contributed by atoms with Gasteiger partial charge in [-0.1, -0.05) is 0 Å². The Morgan fingerprint density at radius 1 is 1.50 bits per heavy atom. The monoisotopic (exact) mass is 328 g/mol. The largest absolute Gasteiger partial charge is 0.480 e. The van der Waals surface area contributed by atoms with Gasteiger partial charge >= 0.3 is 6.03 Å². The Kier molecular flexibility index (Phi) is 5.19. The van der Waals surface area contributed by atoms with Crippen molar-refractivity contribution in [1.29, 1.82) is 0 Å². The zero-order valence-corrected chi connectivity index (χ0v) is 13.4. The Morgan fingerprint density at radius 3 is 2.95 bits per heavy atom. The molecular formula is C13H20N4O4S. The number of pyridine rings is 1. The van der Waals surface area contributed by atoms with E-state index in [1.807, 2.05) is 0 Å². The first kappa shape index (κ1) is 16.5. The quantitative estimate of drug-likeness (QED) is 0.844. The average Bonchev–Trinajstić information content (AvgIpc) is 2.46. The number of piperidine rings is 1. The molecule has 22 heavy (non-hydrogen) atoms. The SMILES string of the molecule is COc1ncccc1NC(=O)N1CCC[C@@H](NS(C)(=O)=O)C1. The van der Waals surface area contributed by atoms with E-state index in [9.17, 15) is 13.2 Å². The molecule has 2 rings (SSSR count). The van der Waals surface area contributed by atoms with Crippen molar-refractivity contribution in [3.63, 3.8) is 0 Å². The van der Waals surface area contributed by atoms with Gasteiger partial charge in [0.05, 0.1) is 13.4 Å². The predicted octanol–water partition coefficient (Wildman–Crippen LogP) is 0.636. The number of likely N-dealkylation sites (tertiary alicyclic amines) is 1. The zero-order chi connectivity index (χ0) is 16.2. The van der Waals surface area contributed by atoms with Crippen LogP contribution >= 0.6 is 0 Å². The fourth-order valence-electron chi connectivity index (χ4n) is 2.40. The van der Waals surface area contributed by atoms with Gasteiger partial charge in [0.25, 0.3) is 0 Å². The van der Waals surface area contributed by atoms with Gasteiger partial charge in [-0.15, -0.1) is 0 Å². The molecule has 1 aromatic rings. The summed E-state index contributed by atoms with van der Waals surface area (Å²) in [6.45, 7) is 0.915. The zero-order valence-electron chi connectivity index (χ0n) is 12.6. The summed E-state index contributed by atoms with van der Waals surface area (Å²) in [6, 6.07) is 2.83. The van der Waals surface area contributed by atoms with E-state index in [1.54, 1.807) is 23.2 Å². The number of urea groups is 1. The number of hydrogen-bond acceptors (Lipinski definition) is 5. The summed E-state index contributed by atoms with van der Waals surface area (Å²) < 4.78 is 30.2. The molecule has 0 spiro atoms. The summed E-state index contributed by atoms with van der Waals surface area (Å²) in [6.07, 6.45) is 4.14. The number of nitrogens with zero attached hydrogens (tertiary/aromatic N) is 2. The number of carbonyl (C=O) groups excluding carboxylic acids is 1. The van der Waals surface area contributed by atoms with Crippen LogP contribution in [-0.4, -0.2) is 56.8 Å². The third kappa shape index (κ3) is 4.57. The van der Waals surface area contributed by atoms with Crippen molar-refractivity contribution in [3.05, 3.63) is 18.3 Å². The minimum Gasteiger partial charge on any atom is -0.480 e. The molecule has 0 bridgehead atoms. The van der Waals surface area contributed by atoms with Crippen molar-refractivity contribution < 1.29 is 17.9 Å². The molecule has 1 aromatic heterocycles. The summed E-state index contributed by atoms with van der Waals surface area (Å²) in [5.74, 6) is 0.332. The Hall–Kier alpha value is -1.87. The van der Waals surface area contributed by atoms with E-state index < -0.39 is 10.0 Å². The molecule has 1 atom stereocenters. The second kappa shape index (κ2) is 6.93. The number of methoxy groups -OCH3 is 1. The van der Waals surface area contributed by atoms with Crippen LogP contribution in [0.2, 0.25) is 0 Å². The van der Waals surface area contributed by atoms with E-state index in [0.29, 0.717) is 31.1 Å². The van der Waals surface area contributed by atoms with E-state index in [4.69, 9.17) is 4.74 Å². The molecule has 0 aliphatic carbocycles. The van der Waals surface area contributed by atoms with E-state index in [1.165, 1.54) is 7.11 Å². The lowest BCUT2D eigenvalue weighted by Gasteiger charge is -2.32. The highest BCUT2D eigenvalue weighted by Crippen LogP contribution is 2.21. The number of rotatable bonds is 4. The maximum Gasteiger partial charge on any atom is 0.322 e. The molecule has 9 heteroatoms. The van der Waals surface area contributed by atoms with E-state index in [0.717, 1.165) is 12.7 Å². The summed E-state index contributed by atoms with van der Waals surface area (Å²) in [5, 5.41) is 2.74. The lowest BCUT2D eigenvalue weighted by atomic mass is 10.1. The molecule has 0 radical (unpaired) electrons. The molecule has 2 heterocycles. The lowest BCUT2D eigenvalue weighted by molar-refractivity contribution is 0.190. The number of hydrogen-bond donors (Lipinski definition) is 2. The smallest absolute Gasteiger partial charge is 0.322 e. The molecular weight excluding hydrogens is 308 g/mol. The van der Waals surface area contributed by atoms with Crippen LogP contribution in [0.3, 0.4) is 0 Å². The van der Waals surface area contributed by atoms with Crippen molar-refractivity contribution in [2.45, 2.75) is 18.9 Å². The maximum atomic E-state index is 12.3. The number of anilines is 1. The van der Waals surface area contributed by atoms with Crippen molar-refractivity contribution in [1.82, 2.24) is 14.6 Å². The number of aromatic nitrogens is 1. The number of ether oxygens (including phenoxy) is 1. The highest BCUT2D eigenvalue weighted by Gasteiger charge is 2.26. The van der Waals surface area contributed by atoms with Crippen molar-refractivity contribution >= 4 is 21.7 Å². The van der Waals surface area contributed by atoms with Crippen molar-refractivity contribution in [2.75, 3.05) is 31.8 Å². The van der Waals surface area contributed by atoms with Gasteiger partial charge in [0.1, 0.15) is 5.69 Å². The second-order valence-electron chi connectivity index (χ2n) is 5.17. The van der Waals surface area contributed by atoms with Crippen molar-refractivity contribution in [2.24, 2.45) is 0 Å².